The van der Waals surface area contributed by atoms with E-state index in [-0.39, 0.29) is 29.9 Å². The van der Waals surface area contributed by atoms with Crippen molar-refractivity contribution in [2.24, 2.45) is 10.4 Å². The summed E-state index contributed by atoms with van der Waals surface area (Å²) < 4.78 is 0. The van der Waals surface area contributed by atoms with Crippen LogP contribution < -0.4 is 10.6 Å². The number of aliphatic imine (C=N–C) groups is 1. The monoisotopic (exact) mass is 527 g/mol. The van der Waals surface area contributed by atoms with Crippen LogP contribution in [-0.2, 0) is 6.54 Å². The molecule has 2 aliphatic rings. The van der Waals surface area contributed by atoms with E-state index in [0.717, 1.165) is 31.2 Å². The molecule has 2 N–H and O–H groups in total. The SMILES string of the molecule is CN=C(NCc1cccc(C(=O)NCCN(C)C)c1)N1CCC2(CCCCC2)C1.I. The van der Waals surface area contributed by atoms with E-state index >= 15 is 0 Å². The van der Waals surface area contributed by atoms with E-state index in [4.69, 9.17) is 0 Å². The summed E-state index contributed by atoms with van der Waals surface area (Å²) >= 11 is 0. The molecule has 1 saturated carbocycles. The first-order chi connectivity index (χ1) is 14.0. The quantitative estimate of drug-likeness (QED) is 0.339. The van der Waals surface area contributed by atoms with Gasteiger partial charge in [0.1, 0.15) is 0 Å². The first-order valence-electron chi connectivity index (χ1n) is 11.0. The summed E-state index contributed by atoms with van der Waals surface area (Å²) in [7, 11) is 5.87. The fourth-order valence-electron chi connectivity index (χ4n) is 4.66. The maximum Gasteiger partial charge on any atom is 0.251 e. The average molecular weight is 527 g/mol. The molecule has 1 spiro atoms. The molecule has 30 heavy (non-hydrogen) atoms. The molecule has 1 aliphatic carbocycles. The van der Waals surface area contributed by atoms with Crippen LogP contribution in [0, 0.1) is 5.41 Å². The lowest BCUT2D eigenvalue weighted by Crippen LogP contribution is -2.41. The third-order valence-electron chi connectivity index (χ3n) is 6.35. The highest BCUT2D eigenvalue weighted by atomic mass is 127. The van der Waals surface area contributed by atoms with Crippen LogP contribution in [0.5, 0.6) is 0 Å². The summed E-state index contributed by atoms with van der Waals surface area (Å²) in [4.78, 5) is 21.4. The van der Waals surface area contributed by atoms with E-state index in [1.807, 2.05) is 39.3 Å². The van der Waals surface area contributed by atoms with Crippen LogP contribution in [0.3, 0.4) is 0 Å². The number of guanidine groups is 1. The molecule has 1 heterocycles. The molecule has 0 radical (unpaired) electrons. The van der Waals surface area contributed by atoms with E-state index in [2.05, 4.69) is 31.5 Å². The van der Waals surface area contributed by atoms with Crippen molar-refractivity contribution >= 4 is 35.8 Å². The van der Waals surface area contributed by atoms with Gasteiger partial charge < -0.3 is 20.4 Å². The predicted molar refractivity (Wildman–Crippen MR) is 135 cm³/mol. The van der Waals surface area contributed by atoms with Gasteiger partial charge in [0, 0.05) is 45.3 Å². The maximum absolute atomic E-state index is 12.4. The Bertz CT molecular complexity index is 715. The average Bonchev–Trinajstić information content (AvgIpc) is 3.12. The molecule has 0 unspecified atom stereocenters. The zero-order valence-electron chi connectivity index (χ0n) is 18.7. The van der Waals surface area contributed by atoms with Crippen LogP contribution in [0.2, 0.25) is 0 Å². The van der Waals surface area contributed by atoms with Crippen molar-refractivity contribution in [2.45, 2.75) is 45.1 Å². The number of hydrogen-bond acceptors (Lipinski definition) is 3. The summed E-state index contributed by atoms with van der Waals surface area (Å²) in [5.41, 5.74) is 2.32. The number of benzene rings is 1. The lowest BCUT2D eigenvalue weighted by Gasteiger charge is -2.33. The molecular formula is C23H38IN5O. The summed E-state index contributed by atoms with van der Waals surface area (Å²) in [6.45, 7) is 4.38. The first kappa shape index (κ1) is 24.9. The molecule has 1 amide bonds. The summed E-state index contributed by atoms with van der Waals surface area (Å²) in [5.74, 6) is 0.963. The molecule has 3 rings (SSSR count). The van der Waals surface area contributed by atoms with Gasteiger partial charge in [-0.3, -0.25) is 9.79 Å². The lowest BCUT2D eigenvalue weighted by atomic mass is 9.73. The highest BCUT2D eigenvalue weighted by molar-refractivity contribution is 14.0. The number of carbonyl (C=O) groups excluding carboxylic acids is 1. The standard InChI is InChI=1S/C23H37N5O.HI/c1-24-22(28-14-12-23(18-28)10-5-4-6-11-23)26-17-19-8-7-9-20(16-19)21(29)25-13-15-27(2)3;/h7-9,16H,4-6,10-15,17-18H2,1-3H3,(H,24,26)(H,25,29);1H. The Hall–Kier alpha value is -1.35. The molecule has 168 valence electrons. The van der Waals surface area contributed by atoms with Crippen molar-refractivity contribution in [2.75, 3.05) is 47.3 Å². The number of nitrogens with one attached hydrogen (secondary N) is 2. The molecular weight excluding hydrogens is 489 g/mol. The van der Waals surface area contributed by atoms with E-state index < -0.39 is 0 Å². The number of rotatable bonds is 6. The van der Waals surface area contributed by atoms with Gasteiger partial charge in [-0.15, -0.1) is 24.0 Å². The highest BCUT2D eigenvalue weighted by Crippen LogP contribution is 2.43. The molecule has 0 atom stereocenters. The van der Waals surface area contributed by atoms with Gasteiger partial charge in [0.05, 0.1) is 0 Å². The highest BCUT2D eigenvalue weighted by Gasteiger charge is 2.39. The molecule has 7 heteroatoms. The van der Waals surface area contributed by atoms with Crippen molar-refractivity contribution in [3.8, 4) is 0 Å². The molecule has 1 saturated heterocycles. The van der Waals surface area contributed by atoms with Crippen LogP contribution in [0.4, 0.5) is 0 Å². The molecule has 1 aliphatic heterocycles. The van der Waals surface area contributed by atoms with Crippen LogP contribution in [0.15, 0.2) is 29.3 Å². The van der Waals surface area contributed by atoms with Crippen molar-refractivity contribution in [3.63, 3.8) is 0 Å². The van der Waals surface area contributed by atoms with Crippen molar-refractivity contribution in [3.05, 3.63) is 35.4 Å². The van der Waals surface area contributed by atoms with E-state index in [1.165, 1.54) is 38.5 Å². The number of nitrogens with zero attached hydrogens (tertiary/aromatic N) is 3. The van der Waals surface area contributed by atoms with Gasteiger partial charge in [-0.2, -0.15) is 0 Å². The molecule has 6 nitrogen and oxygen atoms in total. The minimum atomic E-state index is -0.0168. The number of halogens is 1. The fraction of sp³-hybridized carbons (Fsp3) is 0.652. The van der Waals surface area contributed by atoms with Crippen LogP contribution >= 0.6 is 24.0 Å². The lowest BCUT2D eigenvalue weighted by molar-refractivity contribution is 0.0951. The zero-order chi connectivity index (χ0) is 20.7. The number of carbonyl (C=O) groups is 1. The largest absolute Gasteiger partial charge is 0.352 e. The molecule has 0 aromatic heterocycles. The third-order valence-corrected chi connectivity index (χ3v) is 6.35. The van der Waals surface area contributed by atoms with Crippen LogP contribution in [-0.4, -0.2) is 69.0 Å². The van der Waals surface area contributed by atoms with Gasteiger partial charge in [-0.1, -0.05) is 31.4 Å². The predicted octanol–water partition coefficient (Wildman–Crippen LogP) is 3.33. The minimum Gasteiger partial charge on any atom is -0.352 e. The zero-order valence-corrected chi connectivity index (χ0v) is 21.1. The number of amides is 1. The van der Waals surface area contributed by atoms with E-state index in [1.54, 1.807) is 0 Å². The second-order valence-electron chi connectivity index (χ2n) is 8.89. The number of likely N-dealkylation sites (N-methyl/N-ethyl adjacent to an activating group) is 1. The van der Waals surface area contributed by atoms with Gasteiger partial charge in [-0.05, 0) is 56.5 Å². The van der Waals surface area contributed by atoms with Crippen LogP contribution in [0.1, 0.15) is 54.4 Å². The maximum atomic E-state index is 12.4. The topological polar surface area (TPSA) is 60.0 Å². The summed E-state index contributed by atoms with van der Waals surface area (Å²) in [6, 6.07) is 7.85. The van der Waals surface area contributed by atoms with Gasteiger partial charge in [0.15, 0.2) is 5.96 Å². The third kappa shape index (κ3) is 6.83. The molecule has 0 bridgehead atoms. The normalized spacial score (nSPS) is 18.4. The van der Waals surface area contributed by atoms with Crippen molar-refractivity contribution in [1.82, 2.24) is 20.4 Å². The molecule has 1 aromatic rings. The van der Waals surface area contributed by atoms with Gasteiger partial charge in [-0.25, -0.2) is 0 Å². The Balaban J connectivity index is 0.00000320. The first-order valence-corrected chi connectivity index (χ1v) is 11.0. The number of hydrogen-bond donors (Lipinski definition) is 2. The second kappa shape index (κ2) is 11.9. The second-order valence-corrected chi connectivity index (χ2v) is 8.89. The van der Waals surface area contributed by atoms with Crippen molar-refractivity contribution < 1.29 is 4.79 Å². The van der Waals surface area contributed by atoms with Gasteiger partial charge in [0.25, 0.3) is 5.91 Å². The Morgan fingerprint density at radius 2 is 1.93 bits per heavy atom. The smallest absolute Gasteiger partial charge is 0.251 e. The fourth-order valence-corrected chi connectivity index (χ4v) is 4.66. The Labute approximate surface area is 198 Å². The summed E-state index contributed by atoms with van der Waals surface area (Å²) in [5, 5.41) is 6.49. The molecule has 1 aromatic carbocycles. The molecule has 2 fully saturated rings. The number of likely N-dealkylation sites (tertiary alicyclic amines) is 1. The Kier molecular flexibility index (Phi) is 9.87. The van der Waals surface area contributed by atoms with E-state index in [9.17, 15) is 4.79 Å². The van der Waals surface area contributed by atoms with E-state index in [0.29, 0.717) is 24.1 Å². The van der Waals surface area contributed by atoms with Gasteiger partial charge in [0.2, 0.25) is 0 Å². The van der Waals surface area contributed by atoms with Crippen LogP contribution in [0.25, 0.3) is 0 Å². The Morgan fingerprint density at radius 1 is 1.17 bits per heavy atom. The Morgan fingerprint density at radius 3 is 2.63 bits per heavy atom. The van der Waals surface area contributed by atoms with Crippen molar-refractivity contribution in [1.29, 1.82) is 0 Å². The summed E-state index contributed by atoms with van der Waals surface area (Å²) in [6.07, 6.45) is 8.17. The van der Waals surface area contributed by atoms with Gasteiger partial charge >= 0.3 is 0 Å². The minimum absolute atomic E-state index is 0.